The number of H-pyrrole nitrogens is 1. The zero-order valence-corrected chi connectivity index (χ0v) is 12.0. The van der Waals surface area contributed by atoms with E-state index in [-0.39, 0.29) is 16.2 Å². The van der Waals surface area contributed by atoms with E-state index in [0.717, 1.165) is 4.57 Å². The van der Waals surface area contributed by atoms with Crippen LogP contribution in [-0.4, -0.2) is 25.6 Å². The second-order valence-corrected chi connectivity index (χ2v) is 5.38. The van der Waals surface area contributed by atoms with Gasteiger partial charge in [0.05, 0.1) is 5.52 Å². The van der Waals surface area contributed by atoms with Crippen LogP contribution in [0.2, 0.25) is 0 Å². The lowest BCUT2D eigenvalue weighted by atomic mass is 10.0. The Morgan fingerprint density at radius 3 is 2.85 bits per heavy atom. The molecule has 0 aliphatic heterocycles. The Labute approximate surface area is 120 Å². The lowest BCUT2D eigenvalue weighted by Crippen LogP contribution is -2.32. The number of aromatic nitrogens is 3. The van der Waals surface area contributed by atoms with Gasteiger partial charge in [0.2, 0.25) is 0 Å². The molecule has 0 unspecified atom stereocenters. The van der Waals surface area contributed by atoms with Gasteiger partial charge in [0.25, 0.3) is 5.56 Å². The molecule has 2 aromatic heterocycles. The van der Waals surface area contributed by atoms with Crippen LogP contribution in [0.5, 0.6) is 0 Å². The first-order valence-electron chi connectivity index (χ1n) is 6.24. The summed E-state index contributed by atoms with van der Waals surface area (Å²) >= 11 is 5.13. The third kappa shape index (κ3) is 2.62. The maximum atomic E-state index is 12.4. The molecule has 7 heteroatoms. The Morgan fingerprint density at radius 1 is 1.55 bits per heavy atom. The van der Waals surface area contributed by atoms with Crippen LogP contribution in [-0.2, 0) is 4.79 Å². The van der Waals surface area contributed by atoms with Crippen molar-refractivity contribution in [1.82, 2.24) is 14.5 Å². The van der Waals surface area contributed by atoms with Crippen molar-refractivity contribution < 1.29 is 9.90 Å². The summed E-state index contributed by atoms with van der Waals surface area (Å²) in [6.07, 6.45) is 1.81. The molecular weight excluding hydrogens is 278 g/mol. The maximum absolute atomic E-state index is 12.4. The number of hydrogen-bond donors (Lipinski definition) is 2. The number of rotatable bonds is 4. The van der Waals surface area contributed by atoms with Crippen molar-refractivity contribution in [2.45, 2.75) is 26.3 Å². The Balaban J connectivity index is 2.72. The van der Waals surface area contributed by atoms with Gasteiger partial charge in [-0.3, -0.25) is 9.36 Å². The fraction of sp³-hybridized carbons (Fsp3) is 0.385. The first-order valence-corrected chi connectivity index (χ1v) is 6.65. The average Bonchev–Trinajstić information content (AvgIpc) is 2.37. The first-order chi connectivity index (χ1) is 9.41. The fourth-order valence-electron chi connectivity index (χ4n) is 2.10. The van der Waals surface area contributed by atoms with E-state index < -0.39 is 17.6 Å². The topological polar surface area (TPSA) is 88.0 Å². The fourth-order valence-corrected chi connectivity index (χ4v) is 2.42. The number of aliphatic carboxylic acids is 1. The Hall–Kier alpha value is -2.02. The summed E-state index contributed by atoms with van der Waals surface area (Å²) in [7, 11) is 0. The van der Waals surface area contributed by atoms with Crippen molar-refractivity contribution in [2.24, 2.45) is 5.92 Å². The molecule has 0 bridgehead atoms. The normalized spacial score (nSPS) is 12.8. The summed E-state index contributed by atoms with van der Waals surface area (Å²) in [6.45, 7) is 3.79. The highest BCUT2D eigenvalue weighted by molar-refractivity contribution is 7.71. The summed E-state index contributed by atoms with van der Waals surface area (Å²) in [6, 6.07) is 2.38. The van der Waals surface area contributed by atoms with Gasteiger partial charge in [-0.05, 0) is 36.7 Å². The molecule has 0 spiro atoms. The monoisotopic (exact) mass is 293 g/mol. The standard InChI is InChI=1S/C13H15N3O3S/c1-7(2)6-9(12(18)19)16-11(17)10-8(15-13(16)20)4-3-5-14-10/h3-5,7,9H,6H2,1-2H3,(H,15,20)(H,18,19)/t9-/m0/s1. The van der Waals surface area contributed by atoms with E-state index in [4.69, 9.17) is 12.2 Å². The molecule has 1 atom stereocenters. The van der Waals surface area contributed by atoms with Crippen LogP contribution in [0.4, 0.5) is 0 Å². The molecule has 0 saturated carbocycles. The number of nitrogens with zero attached hydrogens (tertiary/aromatic N) is 2. The van der Waals surface area contributed by atoms with Crippen molar-refractivity contribution in [1.29, 1.82) is 0 Å². The van der Waals surface area contributed by atoms with Crippen LogP contribution in [0.1, 0.15) is 26.3 Å². The van der Waals surface area contributed by atoms with Crippen molar-refractivity contribution in [3.05, 3.63) is 33.5 Å². The van der Waals surface area contributed by atoms with Crippen molar-refractivity contribution in [3.63, 3.8) is 0 Å². The van der Waals surface area contributed by atoms with Gasteiger partial charge in [-0.1, -0.05) is 13.8 Å². The molecular formula is C13H15N3O3S. The highest BCUT2D eigenvalue weighted by Crippen LogP contribution is 2.17. The van der Waals surface area contributed by atoms with Gasteiger partial charge >= 0.3 is 5.97 Å². The smallest absolute Gasteiger partial charge is 0.326 e. The van der Waals surface area contributed by atoms with E-state index in [1.165, 1.54) is 6.20 Å². The molecule has 2 rings (SSSR count). The summed E-state index contributed by atoms with van der Waals surface area (Å²) in [4.78, 5) is 30.7. The lowest BCUT2D eigenvalue weighted by Gasteiger charge is -2.17. The van der Waals surface area contributed by atoms with Crippen molar-refractivity contribution in [2.75, 3.05) is 0 Å². The van der Waals surface area contributed by atoms with Gasteiger partial charge in [0.1, 0.15) is 6.04 Å². The molecule has 2 aromatic rings. The molecule has 106 valence electrons. The van der Waals surface area contributed by atoms with E-state index in [2.05, 4.69) is 9.97 Å². The Bertz CT molecular complexity index is 763. The second kappa shape index (κ2) is 5.54. The van der Waals surface area contributed by atoms with Crippen LogP contribution < -0.4 is 5.56 Å². The first kappa shape index (κ1) is 14.4. The lowest BCUT2D eigenvalue weighted by molar-refractivity contribution is -0.141. The molecule has 0 aliphatic rings. The quantitative estimate of drug-likeness (QED) is 0.843. The highest BCUT2D eigenvalue weighted by Gasteiger charge is 2.24. The van der Waals surface area contributed by atoms with E-state index in [9.17, 15) is 14.7 Å². The molecule has 20 heavy (non-hydrogen) atoms. The van der Waals surface area contributed by atoms with Crippen molar-refractivity contribution in [3.8, 4) is 0 Å². The number of carboxylic acids is 1. The minimum atomic E-state index is -1.07. The average molecular weight is 293 g/mol. The number of carbonyl (C=O) groups is 1. The molecule has 2 N–H and O–H groups in total. The summed E-state index contributed by atoms with van der Waals surface area (Å²) in [5.41, 5.74) is 0.223. The minimum absolute atomic E-state index is 0.101. The SMILES string of the molecule is CC(C)C[C@@H](C(=O)O)n1c(=S)[nH]c2cccnc2c1=O. The van der Waals surface area contributed by atoms with Crippen LogP contribution >= 0.6 is 12.2 Å². The molecule has 0 aromatic carbocycles. The third-order valence-electron chi connectivity index (χ3n) is 2.98. The van der Waals surface area contributed by atoms with Gasteiger partial charge in [-0.15, -0.1) is 0 Å². The zero-order valence-electron chi connectivity index (χ0n) is 11.2. The molecule has 0 amide bonds. The molecule has 0 saturated heterocycles. The maximum Gasteiger partial charge on any atom is 0.326 e. The van der Waals surface area contributed by atoms with E-state index >= 15 is 0 Å². The molecule has 0 radical (unpaired) electrons. The number of fused-ring (bicyclic) bond motifs is 1. The zero-order chi connectivity index (χ0) is 14.9. The molecule has 2 heterocycles. The van der Waals surface area contributed by atoms with E-state index in [1.807, 2.05) is 13.8 Å². The van der Waals surface area contributed by atoms with Gasteiger partial charge in [-0.2, -0.15) is 0 Å². The highest BCUT2D eigenvalue weighted by atomic mass is 32.1. The largest absolute Gasteiger partial charge is 0.480 e. The van der Waals surface area contributed by atoms with Crippen LogP contribution in [0.15, 0.2) is 23.1 Å². The van der Waals surface area contributed by atoms with E-state index in [0.29, 0.717) is 11.9 Å². The van der Waals surface area contributed by atoms with Gasteiger partial charge in [0, 0.05) is 6.20 Å². The Morgan fingerprint density at radius 2 is 2.25 bits per heavy atom. The van der Waals surface area contributed by atoms with Crippen LogP contribution in [0, 0.1) is 10.7 Å². The predicted octanol–water partition coefficient (Wildman–Crippen LogP) is 2.13. The van der Waals surface area contributed by atoms with E-state index in [1.54, 1.807) is 12.1 Å². The third-order valence-corrected chi connectivity index (χ3v) is 3.28. The number of pyridine rings is 1. The molecule has 6 nitrogen and oxygen atoms in total. The summed E-state index contributed by atoms with van der Waals surface area (Å²) in [5, 5.41) is 9.36. The van der Waals surface area contributed by atoms with Gasteiger partial charge < -0.3 is 10.1 Å². The molecule has 0 fully saturated rings. The summed E-state index contributed by atoms with van der Waals surface area (Å²) in [5.74, 6) is -0.951. The Kier molecular flexibility index (Phi) is 3.99. The van der Waals surface area contributed by atoms with Gasteiger partial charge in [0.15, 0.2) is 10.3 Å². The molecule has 0 aliphatic carbocycles. The number of nitrogens with one attached hydrogen (secondary N) is 1. The van der Waals surface area contributed by atoms with Crippen molar-refractivity contribution >= 4 is 29.2 Å². The van der Waals surface area contributed by atoms with Crippen LogP contribution in [0.25, 0.3) is 11.0 Å². The number of carboxylic acid groups (broad SMARTS) is 1. The van der Waals surface area contributed by atoms with Crippen LogP contribution in [0.3, 0.4) is 0 Å². The number of aromatic amines is 1. The van der Waals surface area contributed by atoms with Gasteiger partial charge in [-0.25, -0.2) is 9.78 Å². The second-order valence-electron chi connectivity index (χ2n) is 4.99. The minimum Gasteiger partial charge on any atom is -0.480 e. The number of hydrogen-bond acceptors (Lipinski definition) is 4. The predicted molar refractivity (Wildman–Crippen MR) is 77.3 cm³/mol. The summed E-state index contributed by atoms with van der Waals surface area (Å²) < 4.78 is 1.20.